The summed E-state index contributed by atoms with van der Waals surface area (Å²) in [5, 5.41) is 3.99. The smallest absolute Gasteiger partial charge is 0.343 e. The maximum absolute atomic E-state index is 12.5. The van der Waals surface area contributed by atoms with Gasteiger partial charge in [-0.1, -0.05) is 50.1 Å². The van der Waals surface area contributed by atoms with Crippen molar-refractivity contribution >= 4 is 50.0 Å². The van der Waals surface area contributed by atoms with Crippen LogP contribution in [0.4, 0.5) is 0 Å². The third kappa shape index (κ3) is 5.62. The lowest BCUT2D eigenvalue weighted by Crippen LogP contribution is -2.17. The molecule has 0 unspecified atom stereocenters. The Labute approximate surface area is 185 Å². The van der Waals surface area contributed by atoms with E-state index in [9.17, 15) is 9.59 Å². The van der Waals surface area contributed by atoms with Gasteiger partial charge in [0.15, 0.2) is 0 Å². The second-order valence-electron chi connectivity index (χ2n) is 6.09. The highest BCUT2D eigenvalue weighted by molar-refractivity contribution is 9.10. The number of hydrogen-bond acceptors (Lipinski definition) is 4. The van der Waals surface area contributed by atoms with Crippen LogP contribution in [0.3, 0.4) is 0 Å². The summed E-state index contributed by atoms with van der Waals surface area (Å²) < 4.78 is 7.22. The molecular weight excluding hydrogens is 500 g/mol. The summed E-state index contributed by atoms with van der Waals surface area (Å²) in [6.07, 6.45) is 1.43. The molecule has 3 rings (SSSR count). The molecule has 0 aromatic heterocycles. The Morgan fingerprint density at radius 3 is 2.38 bits per heavy atom. The van der Waals surface area contributed by atoms with Crippen LogP contribution in [0.5, 0.6) is 5.75 Å². The highest BCUT2D eigenvalue weighted by Crippen LogP contribution is 2.23. The topological polar surface area (TPSA) is 67.8 Å². The number of nitrogens with one attached hydrogen (secondary N) is 1. The number of ether oxygens (including phenoxy) is 1. The molecule has 0 saturated heterocycles. The standard InChI is InChI=1S/C22H16Br2N2O3/c1-14-4-2-3-5-19(14)22(28)29-20-11-10-18(24)12-16(20)13-25-26-21(27)15-6-8-17(23)9-7-15/h2-13H,1H3,(H,26,27)/b25-13-. The fourth-order valence-electron chi connectivity index (χ4n) is 2.50. The Morgan fingerprint density at radius 1 is 0.966 bits per heavy atom. The average molecular weight is 516 g/mol. The molecule has 0 aliphatic carbocycles. The number of esters is 1. The normalized spacial score (nSPS) is 10.7. The van der Waals surface area contributed by atoms with Crippen LogP contribution in [0.25, 0.3) is 0 Å². The SMILES string of the molecule is Cc1ccccc1C(=O)Oc1ccc(Br)cc1/C=N\NC(=O)c1ccc(Br)cc1. The van der Waals surface area contributed by atoms with Crippen LogP contribution in [0.15, 0.2) is 80.8 Å². The monoisotopic (exact) mass is 514 g/mol. The van der Waals surface area contributed by atoms with Gasteiger partial charge in [-0.05, 0) is 61.0 Å². The summed E-state index contributed by atoms with van der Waals surface area (Å²) in [7, 11) is 0. The van der Waals surface area contributed by atoms with Gasteiger partial charge in [0.2, 0.25) is 0 Å². The van der Waals surface area contributed by atoms with E-state index >= 15 is 0 Å². The summed E-state index contributed by atoms with van der Waals surface area (Å²) in [6.45, 7) is 1.85. The zero-order valence-corrected chi connectivity index (χ0v) is 18.5. The Kier molecular flexibility index (Phi) is 6.95. The van der Waals surface area contributed by atoms with Gasteiger partial charge in [0.25, 0.3) is 5.91 Å². The average Bonchev–Trinajstić information content (AvgIpc) is 2.70. The molecule has 1 amide bonds. The van der Waals surface area contributed by atoms with Gasteiger partial charge in [-0.25, -0.2) is 10.2 Å². The van der Waals surface area contributed by atoms with Gasteiger partial charge in [0, 0.05) is 20.1 Å². The second kappa shape index (κ2) is 9.62. The Morgan fingerprint density at radius 2 is 1.66 bits per heavy atom. The van der Waals surface area contributed by atoms with Crippen molar-refractivity contribution in [1.82, 2.24) is 5.43 Å². The number of amides is 1. The molecule has 0 saturated carbocycles. The number of carbonyl (C=O) groups excluding carboxylic acids is 2. The van der Waals surface area contributed by atoms with Crippen LogP contribution in [0.2, 0.25) is 0 Å². The highest BCUT2D eigenvalue weighted by atomic mass is 79.9. The first kappa shape index (κ1) is 21.0. The molecule has 0 aliphatic heterocycles. The number of carbonyl (C=O) groups is 2. The molecule has 0 fully saturated rings. The van der Waals surface area contributed by atoms with Crippen molar-refractivity contribution in [1.29, 1.82) is 0 Å². The van der Waals surface area contributed by atoms with E-state index in [2.05, 4.69) is 42.4 Å². The third-order valence-corrected chi connectivity index (χ3v) is 5.04. The molecule has 0 aliphatic rings. The van der Waals surface area contributed by atoms with Gasteiger partial charge in [0.1, 0.15) is 5.75 Å². The third-order valence-electron chi connectivity index (χ3n) is 4.02. The van der Waals surface area contributed by atoms with Crippen molar-refractivity contribution in [3.8, 4) is 5.75 Å². The molecule has 0 radical (unpaired) electrons. The summed E-state index contributed by atoms with van der Waals surface area (Å²) in [4.78, 5) is 24.7. The molecule has 1 N–H and O–H groups in total. The number of nitrogens with zero attached hydrogens (tertiary/aromatic N) is 1. The number of hydrogen-bond donors (Lipinski definition) is 1. The molecule has 0 heterocycles. The van der Waals surface area contributed by atoms with E-state index in [1.807, 2.05) is 19.1 Å². The lowest BCUT2D eigenvalue weighted by atomic mass is 10.1. The second-order valence-corrected chi connectivity index (χ2v) is 7.92. The highest BCUT2D eigenvalue weighted by Gasteiger charge is 2.13. The van der Waals surface area contributed by atoms with E-state index in [4.69, 9.17) is 4.74 Å². The van der Waals surface area contributed by atoms with Gasteiger partial charge in [0.05, 0.1) is 11.8 Å². The maximum atomic E-state index is 12.5. The molecule has 0 atom stereocenters. The largest absolute Gasteiger partial charge is 0.422 e. The van der Waals surface area contributed by atoms with Gasteiger partial charge in [-0.3, -0.25) is 4.79 Å². The van der Waals surface area contributed by atoms with Crippen LogP contribution in [0.1, 0.15) is 31.8 Å². The van der Waals surface area contributed by atoms with Gasteiger partial charge >= 0.3 is 5.97 Å². The molecule has 0 spiro atoms. The van der Waals surface area contributed by atoms with Crippen LogP contribution in [-0.4, -0.2) is 18.1 Å². The van der Waals surface area contributed by atoms with Gasteiger partial charge in [-0.2, -0.15) is 5.10 Å². The number of aryl methyl sites for hydroxylation is 1. The lowest BCUT2D eigenvalue weighted by Gasteiger charge is -2.09. The molecule has 0 bridgehead atoms. The maximum Gasteiger partial charge on any atom is 0.343 e. The Hall–Kier alpha value is -2.77. The minimum atomic E-state index is -0.459. The number of hydrazone groups is 1. The fourth-order valence-corrected chi connectivity index (χ4v) is 3.14. The van der Waals surface area contributed by atoms with Crippen molar-refractivity contribution in [3.05, 3.63) is 97.9 Å². The number of halogens is 2. The van der Waals surface area contributed by atoms with Crippen LogP contribution >= 0.6 is 31.9 Å². The summed E-state index contributed by atoms with van der Waals surface area (Å²) in [6, 6.07) is 19.3. The van der Waals surface area contributed by atoms with Gasteiger partial charge in [-0.15, -0.1) is 0 Å². The molecule has 3 aromatic rings. The number of rotatable bonds is 5. The van der Waals surface area contributed by atoms with Crippen molar-refractivity contribution in [3.63, 3.8) is 0 Å². The lowest BCUT2D eigenvalue weighted by molar-refractivity contribution is 0.0733. The van der Waals surface area contributed by atoms with E-state index in [1.54, 1.807) is 54.6 Å². The molecule has 29 heavy (non-hydrogen) atoms. The minimum absolute atomic E-state index is 0.336. The first-order chi connectivity index (χ1) is 13.9. The molecular formula is C22H16Br2N2O3. The van der Waals surface area contributed by atoms with E-state index in [1.165, 1.54) is 6.21 Å². The van der Waals surface area contributed by atoms with Crippen LogP contribution < -0.4 is 10.2 Å². The predicted molar refractivity (Wildman–Crippen MR) is 119 cm³/mol. The zero-order valence-electron chi connectivity index (χ0n) is 15.4. The molecule has 146 valence electrons. The van der Waals surface area contributed by atoms with E-state index in [0.29, 0.717) is 22.4 Å². The summed E-state index contributed by atoms with van der Waals surface area (Å²) in [5.74, 6) is -0.468. The zero-order chi connectivity index (χ0) is 20.8. The number of benzene rings is 3. The first-order valence-corrected chi connectivity index (χ1v) is 10.2. The van der Waals surface area contributed by atoms with Crippen LogP contribution in [0, 0.1) is 6.92 Å². The minimum Gasteiger partial charge on any atom is -0.422 e. The van der Waals surface area contributed by atoms with Crippen molar-refractivity contribution in [2.45, 2.75) is 6.92 Å². The van der Waals surface area contributed by atoms with Gasteiger partial charge < -0.3 is 4.74 Å². The summed E-state index contributed by atoms with van der Waals surface area (Å²) in [5.41, 5.74) is 4.80. The quantitative estimate of drug-likeness (QED) is 0.211. The van der Waals surface area contributed by atoms with E-state index in [-0.39, 0.29) is 5.91 Å². The molecule has 7 heteroatoms. The fraction of sp³-hybridized carbons (Fsp3) is 0.0455. The molecule has 5 nitrogen and oxygen atoms in total. The van der Waals surface area contributed by atoms with Crippen molar-refractivity contribution < 1.29 is 14.3 Å². The van der Waals surface area contributed by atoms with Crippen molar-refractivity contribution in [2.75, 3.05) is 0 Å². The Balaban J connectivity index is 1.75. The van der Waals surface area contributed by atoms with E-state index in [0.717, 1.165) is 14.5 Å². The van der Waals surface area contributed by atoms with Crippen LogP contribution in [-0.2, 0) is 0 Å². The first-order valence-electron chi connectivity index (χ1n) is 8.60. The van der Waals surface area contributed by atoms with Crippen molar-refractivity contribution in [2.24, 2.45) is 5.10 Å². The Bertz CT molecular complexity index is 1080. The summed E-state index contributed by atoms with van der Waals surface area (Å²) >= 11 is 6.72. The van der Waals surface area contributed by atoms with E-state index < -0.39 is 5.97 Å². The predicted octanol–water partition coefficient (Wildman–Crippen LogP) is 5.50. The molecule has 3 aromatic carbocycles.